The standard InChI is InChI=1S/C21H26O5/c1-20(2,3)18(22)25-15-12-16(24-7)17(26-19(23)21(4,5)6)14-11-9-8-10-13(14)15/h8-12H,1-7H3. The molecular weight excluding hydrogens is 332 g/mol. The van der Waals surface area contributed by atoms with Crippen LogP contribution in [-0.2, 0) is 9.59 Å². The summed E-state index contributed by atoms with van der Waals surface area (Å²) in [6.07, 6.45) is 0. The summed E-state index contributed by atoms with van der Waals surface area (Å²) in [6, 6.07) is 8.85. The molecule has 0 unspecified atom stereocenters. The van der Waals surface area contributed by atoms with E-state index in [1.807, 2.05) is 18.2 Å². The normalized spacial score (nSPS) is 12.0. The number of methoxy groups -OCH3 is 1. The third kappa shape index (κ3) is 4.15. The molecule has 2 aromatic rings. The molecule has 2 aromatic carbocycles. The Labute approximate surface area is 154 Å². The average Bonchev–Trinajstić information content (AvgIpc) is 2.54. The SMILES string of the molecule is COc1cc(OC(=O)C(C)(C)C)c2ccccc2c1OC(=O)C(C)(C)C. The third-order valence-electron chi connectivity index (χ3n) is 3.77. The molecule has 0 aliphatic carbocycles. The van der Waals surface area contributed by atoms with E-state index >= 15 is 0 Å². The maximum Gasteiger partial charge on any atom is 0.316 e. The smallest absolute Gasteiger partial charge is 0.316 e. The first kappa shape index (κ1) is 19.8. The lowest BCUT2D eigenvalue weighted by Crippen LogP contribution is -2.26. The topological polar surface area (TPSA) is 61.8 Å². The first-order chi connectivity index (χ1) is 11.9. The highest BCUT2D eigenvalue weighted by Gasteiger charge is 2.28. The van der Waals surface area contributed by atoms with Crippen LogP contribution in [0.15, 0.2) is 30.3 Å². The molecule has 0 aliphatic heterocycles. The molecule has 5 nitrogen and oxygen atoms in total. The number of fused-ring (bicyclic) bond motifs is 1. The van der Waals surface area contributed by atoms with Crippen LogP contribution < -0.4 is 14.2 Å². The number of hydrogen-bond donors (Lipinski definition) is 0. The quantitative estimate of drug-likeness (QED) is 0.585. The van der Waals surface area contributed by atoms with Crippen LogP contribution in [0.3, 0.4) is 0 Å². The number of hydrogen-bond acceptors (Lipinski definition) is 5. The molecule has 140 valence electrons. The average molecular weight is 358 g/mol. The highest BCUT2D eigenvalue weighted by molar-refractivity contribution is 5.98. The van der Waals surface area contributed by atoms with Gasteiger partial charge in [-0.1, -0.05) is 24.3 Å². The molecule has 0 fully saturated rings. The van der Waals surface area contributed by atoms with Crippen molar-refractivity contribution in [3.05, 3.63) is 30.3 Å². The summed E-state index contributed by atoms with van der Waals surface area (Å²) in [7, 11) is 1.48. The van der Waals surface area contributed by atoms with Crippen molar-refractivity contribution < 1.29 is 23.8 Å². The fraction of sp³-hybridized carbons (Fsp3) is 0.429. The van der Waals surface area contributed by atoms with E-state index in [1.54, 1.807) is 53.7 Å². The van der Waals surface area contributed by atoms with Gasteiger partial charge < -0.3 is 14.2 Å². The molecule has 0 aliphatic rings. The van der Waals surface area contributed by atoms with Crippen molar-refractivity contribution in [1.82, 2.24) is 0 Å². The fourth-order valence-electron chi connectivity index (χ4n) is 2.13. The molecule has 0 aromatic heterocycles. The fourth-order valence-corrected chi connectivity index (χ4v) is 2.13. The van der Waals surface area contributed by atoms with Gasteiger partial charge in [-0.05, 0) is 41.5 Å². The molecule has 0 heterocycles. The van der Waals surface area contributed by atoms with Crippen LogP contribution in [0.5, 0.6) is 17.2 Å². The van der Waals surface area contributed by atoms with E-state index in [9.17, 15) is 9.59 Å². The lowest BCUT2D eigenvalue weighted by molar-refractivity contribution is -0.143. The molecule has 0 spiro atoms. The Bertz CT molecular complexity index is 838. The number of ether oxygens (including phenoxy) is 3. The molecular formula is C21H26O5. The second kappa shape index (κ2) is 6.98. The molecule has 0 saturated carbocycles. The molecule has 0 atom stereocenters. The maximum atomic E-state index is 12.4. The van der Waals surface area contributed by atoms with E-state index in [0.29, 0.717) is 28.0 Å². The zero-order valence-electron chi connectivity index (χ0n) is 16.4. The van der Waals surface area contributed by atoms with Gasteiger partial charge in [0.05, 0.1) is 17.9 Å². The molecule has 0 saturated heterocycles. The minimum atomic E-state index is -0.663. The van der Waals surface area contributed by atoms with Gasteiger partial charge in [0.25, 0.3) is 0 Å². The van der Waals surface area contributed by atoms with Crippen LogP contribution in [0.2, 0.25) is 0 Å². The molecule has 26 heavy (non-hydrogen) atoms. The van der Waals surface area contributed by atoms with Crippen molar-refractivity contribution in [3.63, 3.8) is 0 Å². The van der Waals surface area contributed by atoms with Crippen molar-refractivity contribution >= 4 is 22.7 Å². The Balaban J connectivity index is 2.61. The van der Waals surface area contributed by atoms with Gasteiger partial charge in [0.2, 0.25) is 0 Å². The summed E-state index contributed by atoms with van der Waals surface area (Å²) >= 11 is 0. The van der Waals surface area contributed by atoms with Gasteiger partial charge in [0.1, 0.15) is 5.75 Å². The second-order valence-electron chi connectivity index (χ2n) is 8.23. The molecule has 0 amide bonds. The Morgan fingerprint density at radius 3 is 1.77 bits per heavy atom. The number of carbonyl (C=O) groups is 2. The van der Waals surface area contributed by atoms with Crippen molar-refractivity contribution in [2.24, 2.45) is 10.8 Å². The molecule has 0 bridgehead atoms. The summed E-state index contributed by atoms with van der Waals surface area (Å²) in [4.78, 5) is 24.7. The first-order valence-corrected chi connectivity index (χ1v) is 8.49. The van der Waals surface area contributed by atoms with Crippen LogP contribution in [0.1, 0.15) is 41.5 Å². The minimum absolute atomic E-state index is 0.318. The van der Waals surface area contributed by atoms with Gasteiger partial charge in [-0.3, -0.25) is 9.59 Å². The first-order valence-electron chi connectivity index (χ1n) is 8.49. The predicted molar refractivity (Wildman–Crippen MR) is 101 cm³/mol. The Morgan fingerprint density at radius 1 is 0.769 bits per heavy atom. The zero-order valence-corrected chi connectivity index (χ0v) is 16.4. The van der Waals surface area contributed by atoms with Crippen LogP contribution in [0.4, 0.5) is 0 Å². The summed E-state index contributed by atoms with van der Waals surface area (Å²) in [5.41, 5.74) is -1.31. The molecule has 0 N–H and O–H groups in total. The van der Waals surface area contributed by atoms with E-state index in [1.165, 1.54) is 7.11 Å². The number of carbonyl (C=O) groups excluding carboxylic acids is 2. The van der Waals surface area contributed by atoms with Crippen molar-refractivity contribution in [2.45, 2.75) is 41.5 Å². The van der Waals surface area contributed by atoms with E-state index in [0.717, 1.165) is 0 Å². The predicted octanol–water partition coefficient (Wildman–Crippen LogP) is 4.75. The molecule has 2 rings (SSSR count). The van der Waals surface area contributed by atoms with Gasteiger partial charge >= 0.3 is 11.9 Å². The number of rotatable bonds is 3. The van der Waals surface area contributed by atoms with Crippen molar-refractivity contribution in [2.75, 3.05) is 7.11 Å². The largest absolute Gasteiger partial charge is 0.493 e. The highest BCUT2D eigenvalue weighted by Crippen LogP contribution is 2.42. The molecule has 0 radical (unpaired) electrons. The maximum absolute atomic E-state index is 12.4. The van der Waals surface area contributed by atoms with E-state index in [-0.39, 0.29) is 11.9 Å². The van der Waals surface area contributed by atoms with Gasteiger partial charge in [0.15, 0.2) is 11.5 Å². The zero-order chi connectivity index (χ0) is 19.7. The minimum Gasteiger partial charge on any atom is -0.493 e. The Kier molecular flexibility index (Phi) is 5.31. The highest BCUT2D eigenvalue weighted by atomic mass is 16.6. The number of esters is 2. The summed E-state index contributed by atoms with van der Waals surface area (Å²) in [6.45, 7) is 10.7. The van der Waals surface area contributed by atoms with E-state index in [2.05, 4.69) is 0 Å². The lowest BCUT2D eigenvalue weighted by atomic mass is 9.97. The summed E-state index contributed by atoms with van der Waals surface area (Å²) in [5.74, 6) is 0.286. The van der Waals surface area contributed by atoms with Crippen LogP contribution in [-0.4, -0.2) is 19.0 Å². The van der Waals surface area contributed by atoms with Crippen molar-refractivity contribution in [3.8, 4) is 17.2 Å². The van der Waals surface area contributed by atoms with Crippen molar-refractivity contribution in [1.29, 1.82) is 0 Å². The van der Waals surface area contributed by atoms with Crippen LogP contribution in [0, 0.1) is 10.8 Å². The van der Waals surface area contributed by atoms with Gasteiger partial charge in [-0.25, -0.2) is 0 Å². The Hall–Kier alpha value is -2.56. The Morgan fingerprint density at radius 2 is 1.27 bits per heavy atom. The van der Waals surface area contributed by atoms with Crippen LogP contribution >= 0.6 is 0 Å². The van der Waals surface area contributed by atoms with E-state index in [4.69, 9.17) is 14.2 Å². The van der Waals surface area contributed by atoms with Gasteiger partial charge in [-0.2, -0.15) is 0 Å². The summed E-state index contributed by atoms with van der Waals surface area (Å²) < 4.78 is 16.6. The summed E-state index contributed by atoms with van der Waals surface area (Å²) in [5, 5.41) is 1.31. The van der Waals surface area contributed by atoms with Crippen LogP contribution in [0.25, 0.3) is 10.8 Å². The lowest BCUT2D eigenvalue weighted by Gasteiger charge is -2.21. The van der Waals surface area contributed by atoms with E-state index < -0.39 is 10.8 Å². The number of benzene rings is 2. The van der Waals surface area contributed by atoms with Gasteiger partial charge in [-0.15, -0.1) is 0 Å². The third-order valence-corrected chi connectivity index (χ3v) is 3.77. The molecule has 5 heteroatoms. The monoisotopic (exact) mass is 358 g/mol. The van der Waals surface area contributed by atoms with Gasteiger partial charge in [0, 0.05) is 16.8 Å². The second-order valence-corrected chi connectivity index (χ2v) is 8.23.